The Morgan fingerprint density at radius 3 is 2.33 bits per heavy atom. The molecule has 3 rings (SSSR count). The van der Waals surface area contributed by atoms with E-state index in [1.54, 1.807) is 6.20 Å². The van der Waals surface area contributed by atoms with E-state index in [4.69, 9.17) is 0 Å². The predicted octanol–water partition coefficient (Wildman–Crippen LogP) is 3.55. The monoisotopic (exact) mass is 237 g/mol. The van der Waals surface area contributed by atoms with Gasteiger partial charge in [-0.1, -0.05) is 18.2 Å². The maximum Gasteiger partial charge on any atom is 0.178 e. The first kappa shape index (κ1) is 11.0. The van der Waals surface area contributed by atoms with E-state index in [9.17, 15) is 0 Å². The van der Waals surface area contributed by atoms with Gasteiger partial charge in [0.1, 0.15) is 5.82 Å². The number of hydrogen-bond acceptors (Lipinski definition) is 2. The molecule has 3 aromatic rings. The normalized spacial score (nSPS) is 11.1. The fourth-order valence-corrected chi connectivity index (χ4v) is 2.34. The molecule has 0 unspecified atom stereocenters. The molecule has 0 aliphatic heterocycles. The number of fused-ring (bicyclic) bond motifs is 1. The third-order valence-corrected chi connectivity index (χ3v) is 3.32. The molecule has 2 heterocycles. The quantitative estimate of drug-likeness (QED) is 0.703. The van der Waals surface area contributed by atoms with Crippen molar-refractivity contribution in [3.8, 4) is 11.4 Å². The minimum Gasteiger partial charge on any atom is -0.336 e. The lowest BCUT2D eigenvalue weighted by Gasteiger charge is -2.05. The number of benzene rings is 1. The van der Waals surface area contributed by atoms with Gasteiger partial charge in [0.05, 0.1) is 5.52 Å². The van der Waals surface area contributed by atoms with E-state index >= 15 is 0 Å². The lowest BCUT2D eigenvalue weighted by atomic mass is 10.0. The highest BCUT2D eigenvalue weighted by Crippen LogP contribution is 2.26. The number of aromatic amines is 1. The summed E-state index contributed by atoms with van der Waals surface area (Å²) >= 11 is 0. The van der Waals surface area contributed by atoms with Crippen LogP contribution in [0.3, 0.4) is 0 Å². The van der Waals surface area contributed by atoms with Crippen LogP contribution in [0.2, 0.25) is 0 Å². The smallest absolute Gasteiger partial charge is 0.178 e. The highest BCUT2D eigenvalue weighted by molar-refractivity contribution is 5.80. The Morgan fingerprint density at radius 2 is 1.67 bits per heavy atom. The molecular weight excluding hydrogens is 222 g/mol. The fourth-order valence-electron chi connectivity index (χ4n) is 2.34. The zero-order chi connectivity index (χ0) is 12.7. The second kappa shape index (κ2) is 3.95. The topological polar surface area (TPSA) is 41.6 Å². The molecule has 1 aromatic carbocycles. The van der Waals surface area contributed by atoms with E-state index < -0.39 is 0 Å². The second-order valence-corrected chi connectivity index (χ2v) is 4.68. The van der Waals surface area contributed by atoms with Gasteiger partial charge in [-0.15, -0.1) is 0 Å². The van der Waals surface area contributed by atoms with Crippen molar-refractivity contribution < 1.29 is 0 Å². The first-order chi connectivity index (χ1) is 8.66. The van der Waals surface area contributed by atoms with Crippen molar-refractivity contribution in [2.75, 3.05) is 0 Å². The summed E-state index contributed by atoms with van der Waals surface area (Å²) in [6, 6.07) is 8.28. The van der Waals surface area contributed by atoms with Gasteiger partial charge in [0.2, 0.25) is 0 Å². The number of nitrogens with zero attached hydrogens (tertiary/aromatic N) is 2. The van der Waals surface area contributed by atoms with Crippen LogP contribution >= 0.6 is 0 Å². The third kappa shape index (κ3) is 1.59. The van der Waals surface area contributed by atoms with E-state index in [2.05, 4.69) is 53.9 Å². The number of pyridine rings is 1. The first-order valence-electron chi connectivity index (χ1n) is 6.05. The van der Waals surface area contributed by atoms with Gasteiger partial charge >= 0.3 is 0 Å². The number of nitrogens with one attached hydrogen (secondary N) is 1. The predicted molar refractivity (Wildman–Crippen MR) is 73.5 cm³/mol. The van der Waals surface area contributed by atoms with Crippen LogP contribution in [0.5, 0.6) is 0 Å². The molecule has 0 saturated heterocycles. The van der Waals surface area contributed by atoms with Crippen LogP contribution in [0.4, 0.5) is 0 Å². The van der Waals surface area contributed by atoms with Crippen LogP contribution in [-0.2, 0) is 0 Å². The van der Waals surface area contributed by atoms with E-state index in [1.807, 2.05) is 6.07 Å². The Kier molecular flexibility index (Phi) is 2.40. The minimum absolute atomic E-state index is 0.785. The number of aryl methyl sites for hydroxylation is 3. The summed E-state index contributed by atoms with van der Waals surface area (Å²) in [6.07, 6.45) is 1.80. The first-order valence-corrected chi connectivity index (χ1v) is 6.05. The number of hydrogen-bond donors (Lipinski definition) is 1. The van der Waals surface area contributed by atoms with Crippen LogP contribution in [0.15, 0.2) is 30.5 Å². The Balaban J connectivity index is 2.30. The van der Waals surface area contributed by atoms with Crippen molar-refractivity contribution in [1.29, 1.82) is 0 Å². The summed E-state index contributed by atoms with van der Waals surface area (Å²) in [5, 5.41) is 0. The molecule has 0 fully saturated rings. The Morgan fingerprint density at radius 1 is 0.944 bits per heavy atom. The SMILES string of the molecule is Cc1cccc(C)c1-c1nc2nccc(C)c2[nH]1. The van der Waals surface area contributed by atoms with Crippen LogP contribution in [0.25, 0.3) is 22.6 Å². The van der Waals surface area contributed by atoms with Gasteiger partial charge in [-0.05, 0) is 43.5 Å². The van der Waals surface area contributed by atoms with E-state index in [-0.39, 0.29) is 0 Å². The van der Waals surface area contributed by atoms with Crippen LogP contribution in [0, 0.1) is 20.8 Å². The molecule has 0 amide bonds. The van der Waals surface area contributed by atoms with Gasteiger partial charge in [0.25, 0.3) is 0 Å². The van der Waals surface area contributed by atoms with Crippen molar-refractivity contribution >= 4 is 11.2 Å². The lowest BCUT2D eigenvalue weighted by molar-refractivity contribution is 1.26. The van der Waals surface area contributed by atoms with Crippen molar-refractivity contribution in [1.82, 2.24) is 15.0 Å². The maximum absolute atomic E-state index is 4.60. The van der Waals surface area contributed by atoms with Gasteiger partial charge < -0.3 is 4.98 Å². The molecule has 90 valence electrons. The fraction of sp³-hybridized carbons (Fsp3) is 0.200. The molecule has 0 bridgehead atoms. The molecule has 3 nitrogen and oxygen atoms in total. The largest absolute Gasteiger partial charge is 0.336 e. The van der Waals surface area contributed by atoms with Crippen LogP contribution in [-0.4, -0.2) is 15.0 Å². The van der Waals surface area contributed by atoms with E-state index in [0.29, 0.717) is 0 Å². The molecule has 0 saturated carbocycles. The minimum atomic E-state index is 0.785. The summed E-state index contributed by atoms with van der Waals surface area (Å²) in [7, 11) is 0. The zero-order valence-electron chi connectivity index (χ0n) is 10.8. The molecule has 0 radical (unpaired) electrons. The molecule has 0 atom stereocenters. The standard InChI is InChI=1S/C15H15N3/c1-9-5-4-6-10(2)12(9)14-17-13-11(3)7-8-16-15(13)18-14/h4-8H,1-3H3,(H,16,17,18). The number of aromatic nitrogens is 3. The van der Waals surface area contributed by atoms with Crippen LogP contribution in [0.1, 0.15) is 16.7 Å². The summed E-state index contributed by atoms with van der Waals surface area (Å²) in [5.74, 6) is 0.905. The summed E-state index contributed by atoms with van der Waals surface area (Å²) in [6.45, 7) is 6.28. The average Bonchev–Trinajstić information content (AvgIpc) is 2.74. The molecular formula is C15H15N3. The average molecular weight is 237 g/mol. The van der Waals surface area contributed by atoms with Crippen molar-refractivity contribution in [3.63, 3.8) is 0 Å². The summed E-state index contributed by atoms with van der Waals surface area (Å²) in [5.41, 5.74) is 6.61. The van der Waals surface area contributed by atoms with Crippen molar-refractivity contribution in [3.05, 3.63) is 47.2 Å². The second-order valence-electron chi connectivity index (χ2n) is 4.68. The summed E-state index contributed by atoms with van der Waals surface area (Å²) < 4.78 is 0. The Hall–Kier alpha value is -2.16. The van der Waals surface area contributed by atoms with Crippen molar-refractivity contribution in [2.24, 2.45) is 0 Å². The van der Waals surface area contributed by atoms with E-state index in [0.717, 1.165) is 17.0 Å². The Bertz CT molecular complexity index is 705. The van der Waals surface area contributed by atoms with Gasteiger partial charge in [0.15, 0.2) is 5.65 Å². The van der Waals surface area contributed by atoms with Gasteiger partial charge in [-0.2, -0.15) is 0 Å². The lowest BCUT2D eigenvalue weighted by Crippen LogP contribution is -1.89. The zero-order valence-corrected chi connectivity index (χ0v) is 10.8. The molecule has 3 heteroatoms. The van der Waals surface area contributed by atoms with Crippen molar-refractivity contribution in [2.45, 2.75) is 20.8 Å². The molecule has 2 aromatic heterocycles. The number of rotatable bonds is 1. The highest BCUT2D eigenvalue weighted by Gasteiger charge is 2.11. The van der Waals surface area contributed by atoms with Gasteiger partial charge in [-0.3, -0.25) is 0 Å². The van der Waals surface area contributed by atoms with E-state index in [1.165, 1.54) is 22.3 Å². The number of H-pyrrole nitrogens is 1. The third-order valence-electron chi connectivity index (χ3n) is 3.32. The van der Waals surface area contributed by atoms with Crippen LogP contribution < -0.4 is 0 Å². The molecule has 0 aliphatic rings. The van der Waals surface area contributed by atoms with Gasteiger partial charge in [0, 0.05) is 11.8 Å². The molecule has 0 aliphatic carbocycles. The maximum atomic E-state index is 4.60. The molecule has 18 heavy (non-hydrogen) atoms. The molecule has 1 N–H and O–H groups in total. The highest BCUT2D eigenvalue weighted by atomic mass is 15.0. The summed E-state index contributed by atoms with van der Waals surface area (Å²) in [4.78, 5) is 12.3. The molecule has 0 spiro atoms. The Labute approximate surface area is 106 Å². The number of imidazole rings is 1. The van der Waals surface area contributed by atoms with Gasteiger partial charge in [-0.25, -0.2) is 9.97 Å².